The quantitative estimate of drug-likeness (QED) is 0.477. The van der Waals surface area contributed by atoms with E-state index in [2.05, 4.69) is 5.32 Å². The van der Waals surface area contributed by atoms with Crippen LogP contribution in [0.2, 0.25) is 0 Å². The van der Waals surface area contributed by atoms with Crippen molar-refractivity contribution >= 4 is 27.5 Å². The molecule has 9 heteroatoms. The summed E-state index contributed by atoms with van der Waals surface area (Å²) in [5, 5.41) is 3.11. The first-order valence-electron chi connectivity index (χ1n) is 12.9. The van der Waals surface area contributed by atoms with Crippen LogP contribution in [0.25, 0.3) is 0 Å². The minimum atomic E-state index is -3.77. The first-order chi connectivity index (χ1) is 17.6. The van der Waals surface area contributed by atoms with Crippen molar-refractivity contribution in [3.63, 3.8) is 0 Å². The van der Waals surface area contributed by atoms with Crippen LogP contribution in [0.4, 0.5) is 5.69 Å². The van der Waals surface area contributed by atoms with Gasteiger partial charge in [0.05, 0.1) is 19.1 Å². The number of benzene rings is 2. The third kappa shape index (κ3) is 7.71. The summed E-state index contributed by atoms with van der Waals surface area (Å²) in [4.78, 5) is 28.5. The molecule has 0 aromatic heterocycles. The summed E-state index contributed by atoms with van der Waals surface area (Å²) < 4.78 is 32.1. The maximum Gasteiger partial charge on any atom is 0.244 e. The van der Waals surface area contributed by atoms with Gasteiger partial charge in [0.25, 0.3) is 0 Å². The molecule has 2 aromatic rings. The van der Waals surface area contributed by atoms with Gasteiger partial charge in [0, 0.05) is 12.6 Å². The Kier molecular flexibility index (Phi) is 9.97. The second-order valence-electron chi connectivity index (χ2n) is 9.64. The number of nitrogens with zero attached hydrogens (tertiary/aromatic N) is 2. The first-order valence-corrected chi connectivity index (χ1v) is 14.8. The number of ether oxygens (including phenoxy) is 1. The van der Waals surface area contributed by atoms with E-state index < -0.39 is 28.5 Å². The van der Waals surface area contributed by atoms with Crippen molar-refractivity contribution in [1.82, 2.24) is 10.2 Å². The standard InChI is InChI=1S/C28H39N3O5S/c1-5-23-13-9-10-17-26(23)31(37(4,34)35)20-27(32)30(19-22-12-11-16-25(18-22)36-3)21(2)28(33)29-24-14-7-6-8-15-24/h9-13,16-18,21,24H,5-8,14-15,19-20H2,1-4H3,(H,29,33)/t21-/m1/s1. The van der Waals surface area contributed by atoms with Gasteiger partial charge >= 0.3 is 0 Å². The first kappa shape index (κ1) is 28.5. The highest BCUT2D eigenvalue weighted by Crippen LogP contribution is 2.25. The van der Waals surface area contributed by atoms with E-state index in [1.54, 1.807) is 26.2 Å². The minimum absolute atomic E-state index is 0.0985. The normalized spacial score (nSPS) is 15.0. The fourth-order valence-corrected chi connectivity index (χ4v) is 5.65. The van der Waals surface area contributed by atoms with Crippen molar-refractivity contribution in [2.24, 2.45) is 0 Å². The van der Waals surface area contributed by atoms with Crippen LogP contribution in [-0.4, -0.2) is 57.1 Å². The van der Waals surface area contributed by atoms with Gasteiger partial charge in [-0.3, -0.25) is 13.9 Å². The second-order valence-corrected chi connectivity index (χ2v) is 11.6. The van der Waals surface area contributed by atoms with Crippen LogP contribution in [0.15, 0.2) is 48.5 Å². The van der Waals surface area contributed by atoms with Crippen molar-refractivity contribution in [2.75, 3.05) is 24.2 Å². The Morgan fingerprint density at radius 1 is 1.08 bits per heavy atom. The summed E-state index contributed by atoms with van der Waals surface area (Å²) >= 11 is 0. The Balaban J connectivity index is 1.91. The van der Waals surface area contributed by atoms with Crippen LogP contribution in [0.3, 0.4) is 0 Å². The van der Waals surface area contributed by atoms with Crippen molar-refractivity contribution < 1.29 is 22.7 Å². The minimum Gasteiger partial charge on any atom is -0.497 e. The van der Waals surface area contributed by atoms with E-state index in [9.17, 15) is 18.0 Å². The molecule has 2 amide bonds. The molecule has 1 fully saturated rings. The third-order valence-electron chi connectivity index (χ3n) is 6.93. The number of anilines is 1. The molecule has 1 atom stereocenters. The summed E-state index contributed by atoms with van der Waals surface area (Å²) in [7, 11) is -2.20. The number of carbonyl (C=O) groups excluding carboxylic acids is 2. The van der Waals surface area contributed by atoms with Crippen molar-refractivity contribution in [1.29, 1.82) is 0 Å². The molecule has 1 N–H and O–H groups in total. The van der Waals surface area contributed by atoms with Gasteiger partial charge in [0.1, 0.15) is 18.3 Å². The number of rotatable bonds is 11. The van der Waals surface area contributed by atoms with Gasteiger partial charge in [-0.05, 0) is 55.5 Å². The molecule has 0 radical (unpaired) electrons. The Morgan fingerprint density at radius 2 is 1.78 bits per heavy atom. The highest BCUT2D eigenvalue weighted by molar-refractivity contribution is 7.92. The Hall–Kier alpha value is -3.07. The topological polar surface area (TPSA) is 96.0 Å². The number of para-hydroxylation sites is 1. The van der Waals surface area contributed by atoms with Gasteiger partial charge in [-0.1, -0.05) is 56.5 Å². The zero-order valence-electron chi connectivity index (χ0n) is 22.3. The molecule has 0 bridgehead atoms. The van der Waals surface area contributed by atoms with Gasteiger partial charge in [-0.15, -0.1) is 0 Å². The third-order valence-corrected chi connectivity index (χ3v) is 8.05. The van der Waals surface area contributed by atoms with Crippen molar-refractivity contribution in [3.8, 4) is 5.75 Å². The predicted molar refractivity (Wildman–Crippen MR) is 146 cm³/mol. The number of nitrogens with one attached hydrogen (secondary N) is 1. The molecule has 1 aliphatic rings. The Morgan fingerprint density at radius 3 is 2.43 bits per heavy atom. The maximum atomic E-state index is 13.8. The predicted octanol–water partition coefficient (Wildman–Crippen LogP) is 3.89. The number of methoxy groups -OCH3 is 1. The zero-order chi connectivity index (χ0) is 27.0. The van der Waals surface area contributed by atoms with Crippen LogP contribution in [0.1, 0.15) is 57.1 Å². The molecule has 0 saturated heterocycles. The Bertz CT molecular complexity index is 1180. The number of hydrogen-bond acceptors (Lipinski definition) is 5. The van der Waals surface area contributed by atoms with E-state index in [1.807, 2.05) is 43.3 Å². The SMILES string of the molecule is CCc1ccccc1N(CC(=O)N(Cc1cccc(OC)c1)[C@H](C)C(=O)NC1CCCCC1)S(C)(=O)=O. The number of amides is 2. The van der Waals surface area contributed by atoms with Crippen LogP contribution in [0.5, 0.6) is 5.75 Å². The number of sulfonamides is 1. The molecule has 0 aliphatic heterocycles. The molecule has 2 aromatic carbocycles. The summed E-state index contributed by atoms with van der Waals surface area (Å²) in [6, 6.07) is 13.8. The lowest BCUT2D eigenvalue weighted by Gasteiger charge is -2.33. The molecule has 37 heavy (non-hydrogen) atoms. The molecule has 0 spiro atoms. The second kappa shape index (κ2) is 12.9. The number of carbonyl (C=O) groups is 2. The van der Waals surface area contributed by atoms with E-state index >= 15 is 0 Å². The molecule has 1 aliphatic carbocycles. The summed E-state index contributed by atoms with van der Waals surface area (Å²) in [6.45, 7) is 3.37. The average Bonchev–Trinajstić information content (AvgIpc) is 2.89. The molecule has 0 unspecified atom stereocenters. The lowest BCUT2D eigenvalue weighted by atomic mass is 9.95. The summed E-state index contributed by atoms with van der Waals surface area (Å²) in [5.74, 6) is -0.0488. The van der Waals surface area contributed by atoms with E-state index in [0.717, 1.165) is 47.4 Å². The Labute approximate surface area is 221 Å². The molecule has 8 nitrogen and oxygen atoms in total. The fourth-order valence-electron chi connectivity index (χ4n) is 4.77. The largest absolute Gasteiger partial charge is 0.497 e. The lowest BCUT2D eigenvalue weighted by Crippen LogP contribution is -2.53. The molecular weight excluding hydrogens is 490 g/mol. The molecular formula is C28H39N3O5S. The molecule has 0 heterocycles. The van der Waals surface area contributed by atoms with E-state index in [1.165, 1.54) is 11.3 Å². The highest BCUT2D eigenvalue weighted by atomic mass is 32.2. The van der Waals surface area contributed by atoms with Crippen molar-refractivity contribution in [3.05, 3.63) is 59.7 Å². The lowest BCUT2D eigenvalue weighted by molar-refractivity contribution is -0.139. The zero-order valence-corrected chi connectivity index (χ0v) is 23.1. The van der Waals surface area contributed by atoms with Crippen LogP contribution in [0, 0.1) is 0 Å². The molecule has 202 valence electrons. The van der Waals surface area contributed by atoms with Gasteiger partial charge in [-0.25, -0.2) is 8.42 Å². The fraction of sp³-hybridized carbons (Fsp3) is 0.500. The number of hydrogen-bond donors (Lipinski definition) is 1. The molecule has 1 saturated carbocycles. The summed E-state index contributed by atoms with van der Waals surface area (Å²) in [6.07, 6.45) is 6.89. The highest BCUT2D eigenvalue weighted by Gasteiger charge is 2.31. The van der Waals surface area contributed by atoms with Gasteiger partial charge in [0.15, 0.2) is 0 Å². The summed E-state index contributed by atoms with van der Waals surface area (Å²) in [5.41, 5.74) is 2.08. The van der Waals surface area contributed by atoms with Crippen molar-refractivity contribution in [2.45, 2.75) is 71.0 Å². The van der Waals surface area contributed by atoms with Gasteiger partial charge < -0.3 is 15.0 Å². The van der Waals surface area contributed by atoms with E-state index in [0.29, 0.717) is 17.9 Å². The van der Waals surface area contributed by atoms with Gasteiger partial charge in [0.2, 0.25) is 21.8 Å². The molecule has 3 rings (SSSR count). The van der Waals surface area contributed by atoms with E-state index in [-0.39, 0.29) is 18.5 Å². The van der Waals surface area contributed by atoms with Crippen LogP contribution < -0.4 is 14.4 Å². The average molecular weight is 530 g/mol. The van der Waals surface area contributed by atoms with Crippen LogP contribution in [-0.2, 0) is 32.6 Å². The number of aryl methyl sites for hydroxylation is 1. The van der Waals surface area contributed by atoms with Crippen LogP contribution >= 0.6 is 0 Å². The van der Waals surface area contributed by atoms with E-state index in [4.69, 9.17) is 4.74 Å². The van der Waals surface area contributed by atoms with Gasteiger partial charge in [-0.2, -0.15) is 0 Å². The monoisotopic (exact) mass is 529 g/mol. The maximum absolute atomic E-state index is 13.8. The smallest absolute Gasteiger partial charge is 0.244 e.